The van der Waals surface area contributed by atoms with Gasteiger partial charge in [-0.1, -0.05) is 6.07 Å². The highest BCUT2D eigenvalue weighted by molar-refractivity contribution is 5.94. The van der Waals surface area contributed by atoms with Crippen molar-refractivity contribution in [1.82, 2.24) is 14.9 Å². The number of hydrogen-bond acceptors (Lipinski definition) is 6. The normalized spacial score (nSPS) is 16.8. The predicted octanol–water partition coefficient (Wildman–Crippen LogP) is 3.59. The lowest BCUT2D eigenvalue weighted by molar-refractivity contribution is -0.192. The zero-order valence-electron chi connectivity index (χ0n) is 20.4. The van der Waals surface area contributed by atoms with Crippen molar-refractivity contribution >= 4 is 29.6 Å². The van der Waals surface area contributed by atoms with Gasteiger partial charge in [0, 0.05) is 30.4 Å². The Morgan fingerprint density at radius 1 is 1.22 bits per heavy atom. The van der Waals surface area contributed by atoms with E-state index < -0.39 is 24.2 Å². The smallest absolute Gasteiger partial charge is 0.480 e. The summed E-state index contributed by atoms with van der Waals surface area (Å²) in [6.07, 6.45) is -2.19. The fourth-order valence-corrected chi connectivity index (χ4v) is 3.78. The van der Waals surface area contributed by atoms with E-state index >= 15 is 0 Å². The van der Waals surface area contributed by atoms with Crippen LogP contribution in [0.15, 0.2) is 30.7 Å². The number of amides is 2. The van der Waals surface area contributed by atoms with Crippen LogP contribution < -0.4 is 10.2 Å². The summed E-state index contributed by atoms with van der Waals surface area (Å²) in [6.45, 7) is 6.83. The summed E-state index contributed by atoms with van der Waals surface area (Å²) in [7, 11) is 0. The number of alkyl carbamates (subject to hydrolysis) is 1. The second-order valence-corrected chi connectivity index (χ2v) is 8.53. The Morgan fingerprint density at radius 2 is 1.84 bits per heavy atom. The van der Waals surface area contributed by atoms with Crippen LogP contribution in [0, 0.1) is 0 Å². The Balaban J connectivity index is 0.000000604. The van der Waals surface area contributed by atoms with Crippen molar-refractivity contribution in [2.75, 3.05) is 4.90 Å². The van der Waals surface area contributed by atoms with Gasteiger partial charge in [0.05, 0.1) is 24.2 Å². The average Bonchev–Trinajstić information content (AvgIpc) is 3.20. The van der Waals surface area contributed by atoms with E-state index in [1.165, 1.54) is 17.8 Å². The van der Waals surface area contributed by atoms with Gasteiger partial charge in [-0.15, -0.1) is 0 Å². The van der Waals surface area contributed by atoms with Gasteiger partial charge in [-0.25, -0.2) is 14.6 Å². The fourth-order valence-electron chi connectivity index (χ4n) is 3.78. The Labute approximate surface area is 209 Å². The van der Waals surface area contributed by atoms with Crippen molar-refractivity contribution in [2.24, 2.45) is 0 Å². The maximum absolute atomic E-state index is 12.2. The molecule has 1 aromatic carbocycles. The van der Waals surface area contributed by atoms with Crippen LogP contribution in [0.4, 0.5) is 23.7 Å². The highest BCUT2D eigenvalue weighted by atomic mass is 19.4. The van der Waals surface area contributed by atoms with Crippen LogP contribution in [-0.4, -0.2) is 62.0 Å². The lowest BCUT2D eigenvalue weighted by atomic mass is 9.90. The van der Waals surface area contributed by atoms with Crippen molar-refractivity contribution in [2.45, 2.75) is 65.0 Å². The van der Waals surface area contributed by atoms with E-state index in [1.807, 2.05) is 25.1 Å². The van der Waals surface area contributed by atoms with E-state index in [1.54, 1.807) is 24.9 Å². The number of carbonyl (C=O) groups is 4. The van der Waals surface area contributed by atoms with Gasteiger partial charge in [0.15, 0.2) is 0 Å². The molecule has 0 saturated carbocycles. The number of fused-ring (bicyclic) bond motifs is 1. The van der Waals surface area contributed by atoms with E-state index in [2.05, 4.69) is 10.3 Å². The molecule has 14 heteroatoms. The van der Waals surface area contributed by atoms with Gasteiger partial charge in [-0.3, -0.25) is 9.59 Å². The quantitative estimate of drug-likeness (QED) is 0.533. The standard InChI is InChI=1S/C21H26N4O5.C2HF3O2/c1-12(2)30-21(29)23-17-7-13(3)25(14(4)26)19-6-5-15(8-16(17)19)18-9-24(11-22-18)10-20(27)28;3-2(4,5)1(6)7/h5-6,8-9,11-13,17H,7,10H2,1-4H3,(H,23,29)(H,27,28);(H,6,7)/t13-,17+;/m1./s1. The lowest BCUT2D eigenvalue weighted by Gasteiger charge is -2.39. The third-order valence-corrected chi connectivity index (χ3v) is 5.14. The lowest BCUT2D eigenvalue weighted by Crippen LogP contribution is -2.45. The SMILES string of the molecule is CC(=O)N1c2ccc(-c3cn(CC(=O)O)cn3)cc2[C@@H](NC(=O)OC(C)C)C[C@H]1C.O=C(O)C(F)(F)F. The minimum absolute atomic E-state index is 0.0783. The molecule has 3 N–H and O–H groups in total. The van der Waals surface area contributed by atoms with Crippen LogP contribution in [0.3, 0.4) is 0 Å². The summed E-state index contributed by atoms with van der Waals surface area (Å²) in [4.78, 5) is 50.3. The summed E-state index contributed by atoms with van der Waals surface area (Å²) in [5.41, 5.74) is 2.88. The third-order valence-electron chi connectivity index (χ3n) is 5.14. The molecule has 0 fully saturated rings. The van der Waals surface area contributed by atoms with E-state index in [0.717, 1.165) is 16.8 Å². The van der Waals surface area contributed by atoms with E-state index in [9.17, 15) is 27.6 Å². The molecule has 202 valence electrons. The second-order valence-electron chi connectivity index (χ2n) is 8.53. The van der Waals surface area contributed by atoms with Gasteiger partial charge in [-0.05, 0) is 44.9 Å². The molecule has 2 aromatic rings. The molecule has 1 aliphatic heterocycles. The number of ether oxygens (including phenoxy) is 1. The van der Waals surface area contributed by atoms with Gasteiger partial charge in [-0.2, -0.15) is 13.2 Å². The first-order chi connectivity index (χ1) is 17.1. The first kappa shape index (κ1) is 29.1. The summed E-state index contributed by atoms with van der Waals surface area (Å²) in [5.74, 6) is -3.79. The molecule has 0 spiro atoms. The van der Waals surface area contributed by atoms with Crippen LogP contribution in [0.5, 0.6) is 0 Å². The number of rotatable bonds is 5. The number of nitrogens with zero attached hydrogens (tertiary/aromatic N) is 3. The molecule has 0 saturated heterocycles. The Hall–Kier alpha value is -4.10. The number of hydrogen-bond donors (Lipinski definition) is 3. The van der Waals surface area contributed by atoms with Gasteiger partial charge >= 0.3 is 24.2 Å². The zero-order chi connectivity index (χ0) is 28.1. The molecule has 0 aliphatic carbocycles. The van der Waals surface area contributed by atoms with Crippen LogP contribution >= 0.6 is 0 Å². The molecule has 0 bridgehead atoms. The molecule has 0 radical (unpaired) electrons. The predicted molar refractivity (Wildman–Crippen MR) is 124 cm³/mol. The van der Waals surface area contributed by atoms with Gasteiger partial charge in [0.1, 0.15) is 6.54 Å². The first-order valence-electron chi connectivity index (χ1n) is 11.0. The molecule has 11 nitrogen and oxygen atoms in total. The van der Waals surface area contributed by atoms with Crippen molar-refractivity contribution in [3.8, 4) is 11.3 Å². The number of aromatic nitrogens is 2. The maximum Gasteiger partial charge on any atom is 0.490 e. The number of nitrogens with one attached hydrogen (secondary N) is 1. The Morgan fingerprint density at radius 3 is 2.35 bits per heavy atom. The molecule has 37 heavy (non-hydrogen) atoms. The van der Waals surface area contributed by atoms with E-state index in [4.69, 9.17) is 19.7 Å². The number of imidazole rings is 1. The zero-order valence-corrected chi connectivity index (χ0v) is 20.4. The van der Waals surface area contributed by atoms with E-state index in [-0.39, 0.29) is 30.6 Å². The largest absolute Gasteiger partial charge is 0.490 e. The van der Waals surface area contributed by atoms with Crippen molar-refractivity contribution in [3.63, 3.8) is 0 Å². The summed E-state index contributed by atoms with van der Waals surface area (Å²) in [5, 5.41) is 19.0. The first-order valence-corrected chi connectivity index (χ1v) is 11.0. The molecule has 1 aromatic heterocycles. The molecular formula is C23H27F3N4O7. The van der Waals surface area contributed by atoms with E-state index in [0.29, 0.717) is 12.1 Å². The van der Waals surface area contributed by atoms with Gasteiger partial charge in [0.25, 0.3) is 0 Å². The molecular weight excluding hydrogens is 501 g/mol. The molecule has 2 atom stereocenters. The summed E-state index contributed by atoms with van der Waals surface area (Å²) >= 11 is 0. The van der Waals surface area contributed by atoms with Crippen LogP contribution in [0.25, 0.3) is 11.3 Å². The van der Waals surface area contributed by atoms with Crippen LogP contribution in [-0.2, 0) is 25.7 Å². The number of aliphatic carboxylic acids is 2. The number of carboxylic acid groups (broad SMARTS) is 2. The Bertz CT molecular complexity index is 1160. The monoisotopic (exact) mass is 528 g/mol. The maximum atomic E-state index is 12.2. The molecule has 2 heterocycles. The number of alkyl halides is 3. The minimum atomic E-state index is -5.08. The topological polar surface area (TPSA) is 151 Å². The van der Waals surface area contributed by atoms with Crippen LogP contribution in [0.2, 0.25) is 0 Å². The fraction of sp³-hybridized carbons (Fsp3) is 0.435. The third kappa shape index (κ3) is 7.95. The second kappa shape index (κ2) is 11.8. The van der Waals surface area contributed by atoms with Gasteiger partial charge < -0.3 is 29.7 Å². The Kier molecular flexibility index (Phi) is 9.26. The molecule has 1 aliphatic rings. The number of benzene rings is 1. The van der Waals surface area contributed by atoms with Crippen molar-refractivity contribution in [3.05, 3.63) is 36.3 Å². The highest BCUT2D eigenvalue weighted by Gasteiger charge is 2.38. The average molecular weight is 528 g/mol. The number of carbonyl (C=O) groups excluding carboxylic acids is 2. The number of halogens is 3. The number of anilines is 1. The van der Waals surface area contributed by atoms with Crippen molar-refractivity contribution in [1.29, 1.82) is 0 Å². The summed E-state index contributed by atoms with van der Waals surface area (Å²) < 4.78 is 38.4. The minimum Gasteiger partial charge on any atom is -0.480 e. The highest BCUT2D eigenvalue weighted by Crippen LogP contribution is 2.39. The van der Waals surface area contributed by atoms with Crippen LogP contribution in [0.1, 0.15) is 45.7 Å². The number of carboxylic acids is 2. The van der Waals surface area contributed by atoms with Gasteiger partial charge in [0.2, 0.25) is 5.91 Å². The van der Waals surface area contributed by atoms with Crippen molar-refractivity contribution < 1.29 is 47.3 Å². The summed E-state index contributed by atoms with van der Waals surface area (Å²) in [6, 6.07) is 5.12. The molecule has 3 rings (SSSR count). The molecule has 2 amide bonds. The molecule has 0 unspecified atom stereocenters.